The van der Waals surface area contributed by atoms with Crippen molar-refractivity contribution in [2.24, 2.45) is 10.3 Å². The van der Waals surface area contributed by atoms with Crippen LogP contribution in [0.25, 0.3) is 0 Å². The van der Waals surface area contributed by atoms with Crippen molar-refractivity contribution in [3.05, 3.63) is 0 Å². The van der Waals surface area contributed by atoms with Crippen LogP contribution in [0.1, 0.15) is 6.92 Å². The quantitative estimate of drug-likeness (QED) is 0.258. The van der Waals surface area contributed by atoms with Crippen molar-refractivity contribution >= 4 is 12.4 Å². The standard InChI is InChI=1S/C5H9N3O3/c1-2-11-5(10)3-6-8-7-4-9/h4H,2-3H2,1H3,(H,6,7,9). The Bertz CT molecular complexity index is 157. The zero-order valence-electron chi connectivity index (χ0n) is 6.11. The maximum atomic E-state index is 10.5. The number of carbonyl (C=O) groups is 2. The highest BCUT2D eigenvalue weighted by atomic mass is 16.5. The third kappa shape index (κ3) is 6.42. The van der Waals surface area contributed by atoms with Gasteiger partial charge in [0.25, 0.3) is 0 Å². The normalized spacial score (nSPS) is 9.55. The molecule has 0 aromatic heterocycles. The molecular weight excluding hydrogens is 150 g/mol. The molecule has 0 aliphatic heterocycles. The van der Waals surface area contributed by atoms with Crippen LogP contribution >= 0.6 is 0 Å². The Balaban J connectivity index is 3.36. The first-order chi connectivity index (χ1) is 5.31. The summed E-state index contributed by atoms with van der Waals surface area (Å²) in [6.45, 7) is 1.84. The molecule has 0 aromatic carbocycles. The van der Waals surface area contributed by atoms with Gasteiger partial charge in [0, 0.05) is 0 Å². The Kier molecular flexibility index (Phi) is 5.77. The second-order valence-electron chi connectivity index (χ2n) is 1.45. The van der Waals surface area contributed by atoms with Gasteiger partial charge in [0.05, 0.1) is 6.61 Å². The number of amides is 1. The summed E-state index contributed by atoms with van der Waals surface area (Å²) >= 11 is 0. The van der Waals surface area contributed by atoms with E-state index in [0.29, 0.717) is 13.0 Å². The summed E-state index contributed by atoms with van der Waals surface area (Å²) in [5, 5.41) is 6.41. The highest BCUT2D eigenvalue weighted by molar-refractivity contribution is 5.71. The van der Waals surface area contributed by atoms with Crippen molar-refractivity contribution in [2.75, 3.05) is 13.2 Å². The van der Waals surface area contributed by atoms with Crippen molar-refractivity contribution in [3.8, 4) is 0 Å². The van der Waals surface area contributed by atoms with Crippen LogP contribution in [0.2, 0.25) is 0 Å². The summed E-state index contributed by atoms with van der Waals surface area (Å²) < 4.78 is 4.51. The van der Waals surface area contributed by atoms with E-state index in [-0.39, 0.29) is 6.54 Å². The fourth-order valence-corrected chi connectivity index (χ4v) is 0.364. The van der Waals surface area contributed by atoms with Crippen molar-refractivity contribution in [1.82, 2.24) is 5.43 Å². The Morgan fingerprint density at radius 2 is 2.45 bits per heavy atom. The van der Waals surface area contributed by atoms with Crippen LogP contribution in [0, 0.1) is 0 Å². The van der Waals surface area contributed by atoms with E-state index in [9.17, 15) is 9.59 Å². The van der Waals surface area contributed by atoms with E-state index in [0.717, 1.165) is 0 Å². The molecule has 6 heteroatoms. The Morgan fingerprint density at radius 1 is 1.73 bits per heavy atom. The molecule has 62 valence electrons. The van der Waals surface area contributed by atoms with Crippen LogP contribution in [-0.2, 0) is 14.3 Å². The largest absolute Gasteiger partial charge is 0.465 e. The first kappa shape index (κ1) is 9.54. The molecule has 0 heterocycles. The predicted molar refractivity (Wildman–Crippen MR) is 35.6 cm³/mol. The molecule has 1 N–H and O–H groups in total. The molecule has 0 saturated heterocycles. The van der Waals surface area contributed by atoms with Gasteiger partial charge in [0.15, 0.2) is 6.54 Å². The van der Waals surface area contributed by atoms with E-state index >= 15 is 0 Å². The molecule has 0 spiro atoms. The maximum absolute atomic E-state index is 10.5. The van der Waals surface area contributed by atoms with Crippen molar-refractivity contribution < 1.29 is 14.3 Å². The first-order valence-electron chi connectivity index (χ1n) is 3.02. The second kappa shape index (κ2) is 6.66. The zero-order chi connectivity index (χ0) is 8.53. The number of carbonyl (C=O) groups excluding carboxylic acids is 2. The van der Waals surface area contributed by atoms with Crippen LogP contribution in [0.15, 0.2) is 10.3 Å². The van der Waals surface area contributed by atoms with Gasteiger partial charge in [0.1, 0.15) is 0 Å². The summed E-state index contributed by atoms with van der Waals surface area (Å²) in [6.07, 6.45) is 0.356. The SMILES string of the molecule is CCOC(=O)CN=NNC=O. The topological polar surface area (TPSA) is 80.1 Å². The lowest BCUT2D eigenvalue weighted by Crippen LogP contribution is -2.08. The Morgan fingerprint density at radius 3 is 3.00 bits per heavy atom. The molecule has 0 fully saturated rings. The van der Waals surface area contributed by atoms with Gasteiger partial charge < -0.3 is 4.74 Å². The van der Waals surface area contributed by atoms with E-state index < -0.39 is 5.97 Å². The number of nitrogens with zero attached hydrogens (tertiary/aromatic N) is 2. The summed E-state index contributed by atoms with van der Waals surface area (Å²) in [7, 11) is 0. The molecule has 0 aliphatic rings. The number of esters is 1. The van der Waals surface area contributed by atoms with Gasteiger partial charge in [-0.25, -0.2) is 10.2 Å². The van der Waals surface area contributed by atoms with Gasteiger partial charge in [-0.2, -0.15) is 5.11 Å². The van der Waals surface area contributed by atoms with Crippen LogP contribution in [0.3, 0.4) is 0 Å². The van der Waals surface area contributed by atoms with Crippen molar-refractivity contribution in [3.63, 3.8) is 0 Å². The van der Waals surface area contributed by atoms with E-state index in [2.05, 4.69) is 15.1 Å². The predicted octanol–water partition coefficient (Wildman–Crippen LogP) is -0.337. The maximum Gasteiger partial charge on any atom is 0.329 e. The molecule has 11 heavy (non-hydrogen) atoms. The number of hydrogen-bond acceptors (Lipinski definition) is 5. The van der Waals surface area contributed by atoms with Gasteiger partial charge in [-0.05, 0) is 6.92 Å². The first-order valence-corrected chi connectivity index (χ1v) is 3.02. The summed E-state index contributed by atoms with van der Waals surface area (Å²) in [5.74, 6) is -0.469. The monoisotopic (exact) mass is 159 g/mol. The highest BCUT2D eigenvalue weighted by Crippen LogP contribution is 1.79. The van der Waals surface area contributed by atoms with Gasteiger partial charge >= 0.3 is 5.97 Å². The molecule has 0 unspecified atom stereocenters. The molecule has 1 amide bonds. The lowest BCUT2D eigenvalue weighted by Gasteiger charge is -1.94. The summed E-state index contributed by atoms with van der Waals surface area (Å²) in [6, 6.07) is 0. The van der Waals surface area contributed by atoms with Crippen molar-refractivity contribution in [1.29, 1.82) is 0 Å². The van der Waals surface area contributed by atoms with Crippen LogP contribution in [0.4, 0.5) is 0 Å². The minimum Gasteiger partial charge on any atom is -0.465 e. The molecule has 0 rings (SSSR count). The van der Waals surface area contributed by atoms with Crippen LogP contribution in [0.5, 0.6) is 0 Å². The third-order valence-electron chi connectivity index (χ3n) is 0.686. The number of rotatable bonds is 5. The Labute approximate surface area is 63.6 Å². The van der Waals surface area contributed by atoms with E-state index in [1.165, 1.54) is 0 Å². The second-order valence-corrected chi connectivity index (χ2v) is 1.45. The van der Waals surface area contributed by atoms with Crippen LogP contribution in [-0.4, -0.2) is 25.5 Å². The van der Waals surface area contributed by atoms with E-state index in [4.69, 9.17) is 0 Å². The van der Waals surface area contributed by atoms with Gasteiger partial charge in [-0.15, -0.1) is 0 Å². The molecule has 0 aromatic rings. The Hall–Kier alpha value is -1.46. The molecule has 6 nitrogen and oxygen atoms in total. The lowest BCUT2D eigenvalue weighted by molar-refractivity contribution is -0.141. The molecule has 0 saturated carbocycles. The fourth-order valence-electron chi connectivity index (χ4n) is 0.364. The average Bonchev–Trinajstić information content (AvgIpc) is 1.99. The zero-order valence-corrected chi connectivity index (χ0v) is 6.11. The number of hydrogen-bond donors (Lipinski definition) is 1. The number of nitrogens with one attached hydrogen (secondary N) is 1. The highest BCUT2D eigenvalue weighted by Gasteiger charge is 1.96. The minimum atomic E-state index is -0.469. The van der Waals surface area contributed by atoms with Gasteiger partial charge in [0.2, 0.25) is 6.41 Å². The molecule has 0 atom stereocenters. The third-order valence-corrected chi connectivity index (χ3v) is 0.686. The van der Waals surface area contributed by atoms with E-state index in [1.54, 1.807) is 6.92 Å². The van der Waals surface area contributed by atoms with Gasteiger partial charge in [-0.1, -0.05) is 5.22 Å². The van der Waals surface area contributed by atoms with Crippen LogP contribution < -0.4 is 5.43 Å². The summed E-state index contributed by atoms with van der Waals surface area (Å²) in [5.41, 5.74) is 1.92. The van der Waals surface area contributed by atoms with Gasteiger partial charge in [-0.3, -0.25) is 4.79 Å². The van der Waals surface area contributed by atoms with Crippen molar-refractivity contribution in [2.45, 2.75) is 6.92 Å². The lowest BCUT2D eigenvalue weighted by atomic mass is 10.7. The fraction of sp³-hybridized carbons (Fsp3) is 0.600. The molecule has 0 aliphatic carbocycles. The average molecular weight is 159 g/mol. The molecular formula is C5H9N3O3. The van der Waals surface area contributed by atoms with E-state index in [1.807, 2.05) is 5.43 Å². The molecule has 0 bridgehead atoms. The smallest absolute Gasteiger partial charge is 0.329 e. The minimum absolute atomic E-state index is 0.172. The number of ether oxygens (including phenoxy) is 1. The molecule has 0 radical (unpaired) electrons. The summed E-state index contributed by atoms with van der Waals surface area (Å²) in [4.78, 5) is 20.1.